The first kappa shape index (κ1) is 13.6. The lowest BCUT2D eigenvalue weighted by molar-refractivity contribution is 0.616. The number of hydrogen-bond acceptors (Lipinski definition) is 5. The summed E-state index contributed by atoms with van der Waals surface area (Å²) in [5.74, 6) is 0.494. The normalized spacial score (nSPS) is 15.3. The maximum atomic E-state index is 13.5. The predicted molar refractivity (Wildman–Crippen MR) is 82.0 cm³/mol. The molecule has 0 atom stereocenters. The van der Waals surface area contributed by atoms with Gasteiger partial charge in [-0.1, -0.05) is 0 Å². The van der Waals surface area contributed by atoms with Gasteiger partial charge in [-0.2, -0.15) is 0 Å². The first-order valence-corrected chi connectivity index (χ1v) is 6.97. The lowest BCUT2D eigenvalue weighted by Crippen LogP contribution is -2.47. The Kier molecular flexibility index (Phi) is 3.60. The van der Waals surface area contributed by atoms with E-state index in [1.54, 1.807) is 19.3 Å². The average Bonchev–Trinajstić information content (AvgIpc) is 2.52. The van der Waals surface area contributed by atoms with Crippen LogP contribution in [0.25, 0.3) is 0 Å². The summed E-state index contributed by atoms with van der Waals surface area (Å²) in [6.45, 7) is 5.02. The fourth-order valence-electron chi connectivity index (χ4n) is 2.56. The second-order valence-electron chi connectivity index (χ2n) is 5.18. The molecule has 1 aromatic carbocycles. The first-order chi connectivity index (χ1) is 10.1. The van der Waals surface area contributed by atoms with Crippen LogP contribution in [0.15, 0.2) is 30.6 Å². The van der Waals surface area contributed by atoms with E-state index in [1.807, 2.05) is 12.1 Å². The number of hydrogen-bond donors (Lipinski definition) is 1. The van der Waals surface area contributed by atoms with Crippen molar-refractivity contribution < 1.29 is 4.39 Å². The molecule has 6 heteroatoms. The summed E-state index contributed by atoms with van der Waals surface area (Å²) in [6.07, 6.45) is 3.49. The Hall–Kier alpha value is -2.37. The Morgan fingerprint density at radius 1 is 1.05 bits per heavy atom. The third kappa shape index (κ3) is 2.74. The Labute approximate surface area is 123 Å². The van der Waals surface area contributed by atoms with Crippen LogP contribution in [-0.4, -0.2) is 36.1 Å². The number of benzene rings is 1. The van der Waals surface area contributed by atoms with Crippen LogP contribution in [-0.2, 0) is 0 Å². The highest BCUT2D eigenvalue weighted by Gasteiger charge is 2.20. The molecule has 2 heterocycles. The molecule has 1 saturated heterocycles. The average molecular weight is 287 g/mol. The van der Waals surface area contributed by atoms with Gasteiger partial charge in [0.1, 0.15) is 5.82 Å². The van der Waals surface area contributed by atoms with Crippen molar-refractivity contribution >= 4 is 17.3 Å². The number of nitrogens with two attached hydrogens (primary N) is 1. The summed E-state index contributed by atoms with van der Waals surface area (Å²) in [4.78, 5) is 12.9. The fraction of sp³-hybridized carbons (Fsp3) is 0.333. The van der Waals surface area contributed by atoms with Gasteiger partial charge in [0.05, 0.1) is 11.4 Å². The number of nitrogen functional groups attached to an aromatic ring is 1. The van der Waals surface area contributed by atoms with Crippen molar-refractivity contribution in [1.82, 2.24) is 9.97 Å². The van der Waals surface area contributed by atoms with E-state index in [2.05, 4.69) is 19.8 Å². The van der Waals surface area contributed by atoms with E-state index in [0.717, 1.165) is 37.8 Å². The number of aryl methyl sites for hydroxylation is 1. The minimum atomic E-state index is -0.257. The minimum Gasteiger partial charge on any atom is -0.397 e. The molecular weight excluding hydrogens is 269 g/mol. The van der Waals surface area contributed by atoms with E-state index in [9.17, 15) is 4.39 Å². The van der Waals surface area contributed by atoms with Crippen LogP contribution in [0.3, 0.4) is 0 Å². The monoisotopic (exact) mass is 287 g/mol. The molecule has 0 bridgehead atoms. The van der Waals surface area contributed by atoms with Gasteiger partial charge in [0, 0.05) is 38.6 Å². The lowest BCUT2D eigenvalue weighted by Gasteiger charge is -2.36. The van der Waals surface area contributed by atoms with Crippen molar-refractivity contribution in [2.45, 2.75) is 6.92 Å². The van der Waals surface area contributed by atoms with Crippen molar-refractivity contribution in [1.29, 1.82) is 0 Å². The zero-order chi connectivity index (χ0) is 14.8. The van der Waals surface area contributed by atoms with E-state index >= 15 is 0 Å². The van der Waals surface area contributed by atoms with E-state index in [-0.39, 0.29) is 5.82 Å². The number of rotatable bonds is 2. The molecule has 0 spiro atoms. The standard InChI is InChI=1S/C15H18FN5/c1-11-9-14(13(17)10-12(11)16)20-5-7-21(8-6-20)15-18-3-2-4-19-15/h2-4,9-10H,5-8,17H2,1H3. The van der Waals surface area contributed by atoms with Gasteiger partial charge in [0.15, 0.2) is 0 Å². The molecule has 21 heavy (non-hydrogen) atoms. The highest BCUT2D eigenvalue weighted by atomic mass is 19.1. The quantitative estimate of drug-likeness (QED) is 0.854. The maximum Gasteiger partial charge on any atom is 0.225 e. The molecule has 1 aliphatic heterocycles. The van der Waals surface area contributed by atoms with Crippen LogP contribution in [0.4, 0.5) is 21.7 Å². The number of aromatic nitrogens is 2. The van der Waals surface area contributed by atoms with Gasteiger partial charge in [-0.3, -0.25) is 0 Å². The molecule has 110 valence electrons. The largest absolute Gasteiger partial charge is 0.397 e. The molecule has 0 saturated carbocycles. The summed E-state index contributed by atoms with van der Waals surface area (Å²) >= 11 is 0. The zero-order valence-electron chi connectivity index (χ0n) is 12.0. The smallest absolute Gasteiger partial charge is 0.225 e. The van der Waals surface area contributed by atoms with Gasteiger partial charge in [-0.15, -0.1) is 0 Å². The summed E-state index contributed by atoms with van der Waals surface area (Å²) in [5, 5.41) is 0. The number of anilines is 3. The van der Waals surface area contributed by atoms with Crippen molar-refractivity contribution in [3.8, 4) is 0 Å². The molecule has 1 fully saturated rings. The van der Waals surface area contributed by atoms with Crippen LogP contribution >= 0.6 is 0 Å². The molecular formula is C15H18FN5. The topological polar surface area (TPSA) is 58.3 Å². The van der Waals surface area contributed by atoms with Crippen molar-refractivity contribution in [2.75, 3.05) is 41.7 Å². The number of piperazine rings is 1. The van der Waals surface area contributed by atoms with E-state index in [0.29, 0.717) is 11.3 Å². The Balaban J connectivity index is 1.73. The zero-order valence-corrected chi connectivity index (χ0v) is 12.0. The molecule has 0 radical (unpaired) electrons. The highest BCUT2D eigenvalue weighted by molar-refractivity contribution is 5.69. The summed E-state index contributed by atoms with van der Waals surface area (Å²) in [6, 6.07) is 5.03. The molecule has 0 unspecified atom stereocenters. The van der Waals surface area contributed by atoms with E-state index < -0.39 is 0 Å². The molecule has 1 aliphatic rings. The molecule has 0 amide bonds. The van der Waals surface area contributed by atoms with Gasteiger partial charge in [0.25, 0.3) is 0 Å². The predicted octanol–water partition coefficient (Wildman–Crippen LogP) is 1.83. The molecule has 1 aromatic heterocycles. The molecule has 5 nitrogen and oxygen atoms in total. The van der Waals surface area contributed by atoms with Crippen molar-refractivity contribution in [3.05, 3.63) is 42.0 Å². The van der Waals surface area contributed by atoms with Gasteiger partial charge in [-0.25, -0.2) is 14.4 Å². The van der Waals surface area contributed by atoms with Crippen LogP contribution in [0.1, 0.15) is 5.56 Å². The molecule has 3 rings (SSSR count). The van der Waals surface area contributed by atoms with E-state index in [1.165, 1.54) is 6.07 Å². The van der Waals surface area contributed by atoms with Crippen LogP contribution in [0, 0.1) is 12.7 Å². The first-order valence-electron chi connectivity index (χ1n) is 6.97. The highest BCUT2D eigenvalue weighted by Crippen LogP contribution is 2.27. The molecule has 0 aliphatic carbocycles. The van der Waals surface area contributed by atoms with Crippen molar-refractivity contribution in [2.24, 2.45) is 0 Å². The van der Waals surface area contributed by atoms with Crippen LogP contribution in [0.2, 0.25) is 0 Å². The maximum absolute atomic E-state index is 13.5. The summed E-state index contributed by atoms with van der Waals surface area (Å²) in [7, 11) is 0. The molecule has 2 aromatic rings. The van der Waals surface area contributed by atoms with Gasteiger partial charge in [0.2, 0.25) is 5.95 Å². The lowest BCUT2D eigenvalue weighted by atomic mass is 10.1. The van der Waals surface area contributed by atoms with Crippen molar-refractivity contribution in [3.63, 3.8) is 0 Å². The second-order valence-corrected chi connectivity index (χ2v) is 5.18. The van der Waals surface area contributed by atoms with Crippen LogP contribution < -0.4 is 15.5 Å². The second kappa shape index (κ2) is 5.55. The third-order valence-corrected chi connectivity index (χ3v) is 3.76. The summed E-state index contributed by atoms with van der Waals surface area (Å²) in [5.41, 5.74) is 7.96. The van der Waals surface area contributed by atoms with Gasteiger partial charge < -0.3 is 15.5 Å². The molecule has 2 N–H and O–H groups in total. The Morgan fingerprint density at radius 3 is 2.33 bits per heavy atom. The Morgan fingerprint density at radius 2 is 1.67 bits per heavy atom. The Bertz CT molecular complexity index is 623. The minimum absolute atomic E-state index is 0.257. The number of halogens is 1. The summed E-state index contributed by atoms with van der Waals surface area (Å²) < 4.78 is 13.5. The SMILES string of the molecule is Cc1cc(N2CCN(c3ncccn3)CC2)c(N)cc1F. The van der Waals surface area contributed by atoms with Crippen LogP contribution in [0.5, 0.6) is 0 Å². The van der Waals surface area contributed by atoms with Gasteiger partial charge in [-0.05, 0) is 30.7 Å². The third-order valence-electron chi connectivity index (χ3n) is 3.76. The number of nitrogens with zero attached hydrogens (tertiary/aromatic N) is 4. The van der Waals surface area contributed by atoms with Gasteiger partial charge >= 0.3 is 0 Å². The fourth-order valence-corrected chi connectivity index (χ4v) is 2.56. The van der Waals surface area contributed by atoms with E-state index in [4.69, 9.17) is 5.73 Å².